The highest BCUT2D eigenvalue weighted by atomic mass is 35.5. The molecular formula is C16H19ClN4O2S. The van der Waals surface area contributed by atoms with E-state index in [0.717, 1.165) is 6.42 Å². The molecule has 1 aliphatic rings. The molecule has 6 nitrogen and oxygen atoms in total. The van der Waals surface area contributed by atoms with Crippen molar-refractivity contribution in [2.45, 2.75) is 13.3 Å². The van der Waals surface area contributed by atoms with Gasteiger partial charge in [0.1, 0.15) is 0 Å². The molecule has 1 amide bonds. The molecule has 0 radical (unpaired) electrons. The second-order valence-corrected chi connectivity index (χ2v) is 6.91. The molecule has 0 spiro atoms. The van der Waals surface area contributed by atoms with E-state index in [2.05, 4.69) is 33.7 Å². The van der Waals surface area contributed by atoms with E-state index < -0.39 is 0 Å². The van der Waals surface area contributed by atoms with E-state index in [0.29, 0.717) is 38.8 Å². The van der Waals surface area contributed by atoms with Gasteiger partial charge in [-0.3, -0.25) is 4.79 Å². The van der Waals surface area contributed by atoms with E-state index in [1.807, 2.05) is 4.90 Å². The van der Waals surface area contributed by atoms with Gasteiger partial charge in [-0.2, -0.15) is 0 Å². The second kappa shape index (κ2) is 7.92. The summed E-state index contributed by atoms with van der Waals surface area (Å²) in [6, 6.07) is 2.08. The number of carbonyl (C=O) groups is 1. The number of nitrogens with zero attached hydrogens (tertiary/aromatic N) is 3. The summed E-state index contributed by atoms with van der Waals surface area (Å²) in [4.78, 5) is 24.2. The van der Waals surface area contributed by atoms with Gasteiger partial charge in [0.15, 0.2) is 5.69 Å². The van der Waals surface area contributed by atoms with E-state index in [9.17, 15) is 4.79 Å². The summed E-state index contributed by atoms with van der Waals surface area (Å²) in [7, 11) is 0. The van der Waals surface area contributed by atoms with Crippen LogP contribution in [-0.2, 0) is 11.2 Å². The molecule has 3 heterocycles. The maximum atomic E-state index is 12.4. The Balaban J connectivity index is 1.64. The van der Waals surface area contributed by atoms with Crippen molar-refractivity contribution in [3.05, 3.63) is 38.8 Å². The monoisotopic (exact) mass is 366 g/mol. The Labute approximate surface area is 149 Å². The first-order valence-corrected chi connectivity index (χ1v) is 9.07. The van der Waals surface area contributed by atoms with Crippen molar-refractivity contribution in [3.63, 3.8) is 0 Å². The lowest BCUT2D eigenvalue weighted by molar-refractivity contribution is 0.0949. The molecule has 0 bridgehead atoms. The minimum absolute atomic E-state index is 0.219. The van der Waals surface area contributed by atoms with Gasteiger partial charge in [-0.25, -0.2) is 9.97 Å². The number of aryl methyl sites for hydroxylation is 1. The van der Waals surface area contributed by atoms with Gasteiger partial charge in [-0.15, -0.1) is 11.3 Å². The van der Waals surface area contributed by atoms with Crippen LogP contribution in [0.5, 0.6) is 0 Å². The lowest BCUT2D eigenvalue weighted by Crippen LogP contribution is -2.38. The van der Waals surface area contributed by atoms with Gasteiger partial charge >= 0.3 is 0 Å². The second-order valence-electron chi connectivity index (χ2n) is 5.50. The molecule has 2 aromatic rings. The quantitative estimate of drug-likeness (QED) is 0.879. The molecule has 1 N–H and O–H groups in total. The fraction of sp³-hybridized carbons (Fsp3) is 0.438. The summed E-state index contributed by atoms with van der Waals surface area (Å²) in [5, 5.41) is 5.20. The van der Waals surface area contributed by atoms with Crippen molar-refractivity contribution >= 4 is 34.8 Å². The average Bonchev–Trinajstić information content (AvgIpc) is 3.01. The largest absolute Gasteiger partial charge is 0.378 e. The molecule has 0 aromatic carbocycles. The maximum Gasteiger partial charge on any atom is 0.271 e. The summed E-state index contributed by atoms with van der Waals surface area (Å²) in [5.74, 6) is 0.244. The van der Waals surface area contributed by atoms with Gasteiger partial charge in [-0.05, 0) is 30.4 Å². The number of hydrogen-bond donors (Lipinski definition) is 1. The smallest absolute Gasteiger partial charge is 0.271 e. The van der Waals surface area contributed by atoms with Crippen LogP contribution in [0.1, 0.15) is 20.9 Å². The molecule has 2 aromatic heterocycles. The van der Waals surface area contributed by atoms with E-state index in [1.165, 1.54) is 16.6 Å². The molecule has 3 rings (SSSR count). The van der Waals surface area contributed by atoms with Crippen LogP contribution in [0.3, 0.4) is 0 Å². The summed E-state index contributed by atoms with van der Waals surface area (Å²) < 4.78 is 5.32. The van der Waals surface area contributed by atoms with Crippen LogP contribution in [-0.4, -0.2) is 48.7 Å². The fourth-order valence-corrected chi connectivity index (χ4v) is 3.55. The Hall–Kier alpha value is -1.70. The number of aromatic nitrogens is 2. The number of amides is 1. The van der Waals surface area contributed by atoms with Crippen molar-refractivity contribution in [2.75, 3.05) is 37.7 Å². The Morgan fingerprint density at radius 2 is 2.25 bits per heavy atom. The van der Waals surface area contributed by atoms with E-state index in [-0.39, 0.29) is 16.6 Å². The zero-order valence-corrected chi connectivity index (χ0v) is 15.0. The van der Waals surface area contributed by atoms with Gasteiger partial charge in [-0.1, -0.05) is 11.6 Å². The van der Waals surface area contributed by atoms with Crippen LogP contribution in [0.15, 0.2) is 17.6 Å². The van der Waals surface area contributed by atoms with Crippen LogP contribution in [0.25, 0.3) is 0 Å². The molecule has 128 valence electrons. The average molecular weight is 367 g/mol. The Bertz CT molecular complexity index is 716. The van der Waals surface area contributed by atoms with Gasteiger partial charge in [0.2, 0.25) is 5.95 Å². The normalized spacial score (nSPS) is 14.7. The van der Waals surface area contributed by atoms with Crippen molar-refractivity contribution < 1.29 is 9.53 Å². The lowest BCUT2D eigenvalue weighted by Gasteiger charge is -2.26. The van der Waals surface area contributed by atoms with Crippen molar-refractivity contribution in [2.24, 2.45) is 0 Å². The number of ether oxygens (including phenoxy) is 1. The molecule has 0 aliphatic carbocycles. The molecule has 0 unspecified atom stereocenters. The third kappa shape index (κ3) is 4.03. The molecule has 1 aliphatic heterocycles. The fourth-order valence-electron chi connectivity index (χ4n) is 2.47. The number of morpholine rings is 1. The predicted molar refractivity (Wildman–Crippen MR) is 95.2 cm³/mol. The summed E-state index contributed by atoms with van der Waals surface area (Å²) in [6.45, 7) is 5.30. The lowest BCUT2D eigenvalue weighted by atomic mass is 10.2. The number of hydrogen-bond acceptors (Lipinski definition) is 6. The Kier molecular flexibility index (Phi) is 5.65. The highest BCUT2D eigenvalue weighted by Gasteiger charge is 2.19. The van der Waals surface area contributed by atoms with E-state index >= 15 is 0 Å². The summed E-state index contributed by atoms with van der Waals surface area (Å²) in [5.41, 5.74) is 1.47. The molecule has 24 heavy (non-hydrogen) atoms. The first kappa shape index (κ1) is 17.1. The summed E-state index contributed by atoms with van der Waals surface area (Å²) >= 11 is 7.81. The Morgan fingerprint density at radius 3 is 2.96 bits per heavy atom. The molecule has 1 fully saturated rings. The van der Waals surface area contributed by atoms with Crippen molar-refractivity contribution in [3.8, 4) is 0 Å². The third-order valence-corrected chi connectivity index (χ3v) is 5.21. The van der Waals surface area contributed by atoms with Crippen LogP contribution in [0.2, 0.25) is 5.02 Å². The third-order valence-electron chi connectivity index (χ3n) is 3.85. The van der Waals surface area contributed by atoms with Gasteiger partial charge in [0, 0.05) is 24.5 Å². The summed E-state index contributed by atoms with van der Waals surface area (Å²) in [6.07, 6.45) is 2.28. The van der Waals surface area contributed by atoms with Crippen LogP contribution < -0.4 is 10.2 Å². The first-order valence-electron chi connectivity index (χ1n) is 7.81. The zero-order chi connectivity index (χ0) is 16.9. The standard InChI is InChI=1S/C16H19ClN4O2S/c1-11-3-9-24-13(11)2-4-18-15(22)14-12(17)10-19-16(20-14)21-5-7-23-8-6-21/h3,9-10H,2,4-8H2,1H3,(H,18,22). The number of thiophene rings is 1. The number of carbonyl (C=O) groups excluding carboxylic acids is 1. The minimum atomic E-state index is -0.272. The van der Waals surface area contributed by atoms with E-state index in [4.69, 9.17) is 16.3 Å². The minimum Gasteiger partial charge on any atom is -0.378 e. The zero-order valence-electron chi connectivity index (χ0n) is 13.4. The van der Waals surface area contributed by atoms with E-state index in [1.54, 1.807) is 11.3 Å². The highest BCUT2D eigenvalue weighted by molar-refractivity contribution is 7.10. The molecule has 0 atom stereocenters. The van der Waals surface area contributed by atoms with Crippen molar-refractivity contribution in [1.82, 2.24) is 15.3 Å². The number of rotatable bonds is 5. The van der Waals surface area contributed by atoms with Gasteiger partial charge < -0.3 is 15.0 Å². The topological polar surface area (TPSA) is 67.4 Å². The van der Waals surface area contributed by atoms with Crippen LogP contribution >= 0.6 is 22.9 Å². The highest BCUT2D eigenvalue weighted by Crippen LogP contribution is 2.18. The predicted octanol–water partition coefficient (Wildman–Crippen LogP) is 2.31. The Morgan fingerprint density at radius 1 is 1.46 bits per heavy atom. The number of halogens is 1. The molecule has 0 saturated carbocycles. The van der Waals surface area contributed by atoms with Gasteiger partial charge in [0.25, 0.3) is 5.91 Å². The number of anilines is 1. The SMILES string of the molecule is Cc1ccsc1CCNC(=O)c1nc(N2CCOCC2)ncc1Cl. The number of nitrogens with one attached hydrogen (secondary N) is 1. The van der Waals surface area contributed by atoms with Crippen LogP contribution in [0, 0.1) is 6.92 Å². The van der Waals surface area contributed by atoms with Crippen molar-refractivity contribution in [1.29, 1.82) is 0 Å². The molecule has 1 saturated heterocycles. The van der Waals surface area contributed by atoms with Crippen LogP contribution in [0.4, 0.5) is 5.95 Å². The van der Waals surface area contributed by atoms with Gasteiger partial charge in [0.05, 0.1) is 24.4 Å². The molecule has 8 heteroatoms. The molecular weight excluding hydrogens is 348 g/mol. The first-order chi connectivity index (χ1) is 11.6. The maximum absolute atomic E-state index is 12.4.